The Morgan fingerprint density at radius 1 is 1.04 bits per heavy atom. The van der Waals surface area contributed by atoms with Crippen LogP contribution in [0.4, 0.5) is 5.69 Å². The van der Waals surface area contributed by atoms with E-state index in [1.54, 1.807) is 0 Å². The van der Waals surface area contributed by atoms with Crippen molar-refractivity contribution < 1.29 is 42.9 Å². The Labute approximate surface area is 195 Å². The fourth-order valence-electron chi connectivity index (χ4n) is 2.86. The molecule has 1 aliphatic heterocycles. The minimum atomic E-state index is 0. The van der Waals surface area contributed by atoms with Crippen molar-refractivity contribution in [2.45, 2.75) is 32.8 Å². The summed E-state index contributed by atoms with van der Waals surface area (Å²) in [5.74, 6) is 0. The van der Waals surface area contributed by atoms with Gasteiger partial charge >= 0.3 is 0 Å². The maximum atomic E-state index is 8.42. The molecule has 2 aromatic rings. The Morgan fingerprint density at radius 2 is 1.61 bits per heavy atom. The van der Waals surface area contributed by atoms with Crippen LogP contribution in [0.1, 0.15) is 26.7 Å². The molecule has 0 aliphatic carbocycles. The van der Waals surface area contributed by atoms with Crippen LogP contribution >= 0.6 is 0 Å². The number of likely N-dealkylation sites (tertiary alicyclic amines) is 1. The molecule has 1 radical (unpaired) electrons. The van der Waals surface area contributed by atoms with E-state index in [-0.39, 0.29) is 38.8 Å². The first-order valence-electron chi connectivity index (χ1n) is 9.78. The molecule has 0 bridgehead atoms. The summed E-state index contributed by atoms with van der Waals surface area (Å²) in [5, 5.41) is 11.5. The number of likely N-dealkylation sites (N-methyl/N-ethyl adjacent to an activating group) is 1. The van der Waals surface area contributed by atoms with Crippen molar-refractivity contribution in [3.63, 3.8) is 0 Å². The zero-order valence-electron chi connectivity index (χ0n) is 17.4. The van der Waals surface area contributed by atoms with Crippen molar-refractivity contribution in [2.75, 3.05) is 33.2 Å². The predicted octanol–water partition coefficient (Wildman–Crippen LogP) is 5.22. The summed E-state index contributed by atoms with van der Waals surface area (Å²) in [6, 6.07) is 17.6. The number of rotatable bonds is 5. The smallest absolute Gasteiger partial charge is 0.0951 e. The van der Waals surface area contributed by atoms with Crippen LogP contribution in [0.15, 0.2) is 54.6 Å². The molecular weight excluding hydrogens is 427 g/mol. The summed E-state index contributed by atoms with van der Waals surface area (Å²) in [4.78, 5) is 6.68. The Bertz CT molecular complexity index is 606. The second-order valence-electron chi connectivity index (χ2n) is 6.16. The number of piperidine rings is 1. The first-order chi connectivity index (χ1) is 13.2. The molecule has 0 atom stereocenters. The van der Waals surface area contributed by atoms with Gasteiger partial charge in [0.2, 0.25) is 0 Å². The third-order valence-electron chi connectivity index (χ3n) is 4.37. The molecule has 1 saturated heterocycles. The van der Waals surface area contributed by atoms with E-state index in [0.717, 1.165) is 50.1 Å². The average molecular weight is 461 g/mol. The van der Waals surface area contributed by atoms with Crippen LogP contribution in [-0.2, 0) is 37.6 Å². The Balaban J connectivity index is 0.000000465. The Kier molecular flexibility index (Phi) is 16.6. The van der Waals surface area contributed by atoms with Gasteiger partial charge in [-0.2, -0.15) is 0 Å². The van der Waals surface area contributed by atoms with E-state index >= 15 is 0 Å². The van der Waals surface area contributed by atoms with Crippen molar-refractivity contribution in [1.82, 2.24) is 10.2 Å². The van der Waals surface area contributed by atoms with Gasteiger partial charge in [-0.3, -0.25) is 5.26 Å². The van der Waals surface area contributed by atoms with Gasteiger partial charge in [-0.05, 0) is 31.0 Å². The maximum Gasteiger partial charge on any atom is 0.0951 e. The summed E-state index contributed by atoms with van der Waals surface area (Å²) < 4.78 is 0. The van der Waals surface area contributed by atoms with Gasteiger partial charge in [-0.25, -0.2) is 4.89 Å². The van der Waals surface area contributed by atoms with Gasteiger partial charge in [0.15, 0.2) is 0 Å². The molecule has 3 N–H and O–H groups in total. The van der Waals surface area contributed by atoms with Gasteiger partial charge in [0, 0.05) is 58.9 Å². The van der Waals surface area contributed by atoms with E-state index in [9.17, 15) is 0 Å². The molecule has 1 heterocycles. The Hall–Kier alpha value is -0.816. The predicted molar refractivity (Wildman–Crippen MR) is 114 cm³/mol. The minimum Gasteiger partial charge on any atom is -0.698 e. The standard InChI is InChI=1S/C12H10N.C8H18N2O2.C2H6.Y/c13-12-9-5-4-8-11(12)10-6-2-1-3-7-10;1-9-4-7-10-5-2-8(12-11)3-6-10;1-2;/h1-9,13H;8-9,11H,2-7H2,1H3;1-2H3;/q-1;;;. The molecule has 0 saturated carbocycles. The van der Waals surface area contributed by atoms with Crippen LogP contribution in [0.3, 0.4) is 0 Å². The zero-order chi connectivity index (χ0) is 19.9. The minimum absolute atomic E-state index is 0. The largest absolute Gasteiger partial charge is 0.698 e. The molecule has 153 valence electrons. The van der Waals surface area contributed by atoms with Crippen LogP contribution in [0, 0.1) is 0 Å². The molecule has 0 spiro atoms. The first kappa shape index (κ1) is 27.2. The normalized spacial score (nSPS) is 14.0. The Morgan fingerprint density at radius 3 is 2.14 bits per heavy atom. The molecule has 0 amide bonds. The second kappa shape index (κ2) is 17.1. The average Bonchev–Trinajstić information content (AvgIpc) is 2.75. The molecule has 0 aromatic heterocycles. The summed E-state index contributed by atoms with van der Waals surface area (Å²) in [7, 11) is 1.96. The second-order valence-corrected chi connectivity index (χ2v) is 6.16. The molecule has 3 rings (SSSR count). The van der Waals surface area contributed by atoms with E-state index in [0.29, 0.717) is 5.69 Å². The molecule has 0 unspecified atom stereocenters. The fourth-order valence-corrected chi connectivity index (χ4v) is 2.86. The number of benzene rings is 2. The summed E-state index contributed by atoms with van der Waals surface area (Å²) in [6.45, 7) is 8.19. The van der Waals surface area contributed by atoms with Crippen molar-refractivity contribution in [1.29, 1.82) is 0 Å². The van der Waals surface area contributed by atoms with Gasteiger partial charge in [0.1, 0.15) is 0 Å². The topological polar surface area (TPSA) is 68.5 Å². The zero-order valence-corrected chi connectivity index (χ0v) is 20.2. The van der Waals surface area contributed by atoms with Crippen molar-refractivity contribution >= 4 is 5.69 Å². The van der Waals surface area contributed by atoms with Gasteiger partial charge in [0.25, 0.3) is 0 Å². The summed E-state index contributed by atoms with van der Waals surface area (Å²) in [6.07, 6.45) is 1.95. The SMILES string of the molecule is CC.CNCCN1CCC(OO)CC1.[NH-]c1ccccc1-c1ccccc1.[Y]. The molecule has 2 aromatic carbocycles. The molecule has 1 fully saturated rings. The van der Waals surface area contributed by atoms with Gasteiger partial charge in [0.05, 0.1) is 6.10 Å². The van der Waals surface area contributed by atoms with Crippen molar-refractivity contribution in [3.05, 3.63) is 60.3 Å². The molecule has 5 nitrogen and oxygen atoms in total. The van der Waals surface area contributed by atoms with Crippen LogP contribution in [0.2, 0.25) is 0 Å². The summed E-state index contributed by atoms with van der Waals surface area (Å²) in [5.41, 5.74) is 10.4. The van der Waals surface area contributed by atoms with Gasteiger partial charge in [-0.15, -0.1) is 5.69 Å². The third-order valence-corrected chi connectivity index (χ3v) is 4.37. The maximum absolute atomic E-state index is 8.42. The number of nitrogens with zero attached hydrogens (tertiary/aromatic N) is 1. The van der Waals surface area contributed by atoms with E-state index in [2.05, 4.69) is 15.1 Å². The molecular formula is C22H34N3O2Y-. The third kappa shape index (κ3) is 10.1. The molecule has 6 heteroatoms. The molecule has 28 heavy (non-hydrogen) atoms. The fraction of sp³-hybridized carbons (Fsp3) is 0.455. The van der Waals surface area contributed by atoms with Crippen LogP contribution < -0.4 is 5.32 Å². The van der Waals surface area contributed by atoms with Gasteiger partial charge < -0.3 is 16.0 Å². The van der Waals surface area contributed by atoms with Crippen LogP contribution in [-0.4, -0.2) is 49.5 Å². The van der Waals surface area contributed by atoms with Crippen molar-refractivity contribution in [3.8, 4) is 11.1 Å². The number of hydrogen-bond donors (Lipinski definition) is 2. The quantitative estimate of drug-likeness (QED) is 0.473. The number of hydrogen-bond acceptors (Lipinski definition) is 4. The van der Waals surface area contributed by atoms with Crippen LogP contribution in [0.25, 0.3) is 16.9 Å². The van der Waals surface area contributed by atoms with E-state index < -0.39 is 0 Å². The number of nitrogens with one attached hydrogen (secondary N) is 2. The van der Waals surface area contributed by atoms with Crippen LogP contribution in [0.5, 0.6) is 0 Å². The first-order valence-corrected chi connectivity index (χ1v) is 9.78. The van der Waals surface area contributed by atoms with Gasteiger partial charge in [-0.1, -0.05) is 68.4 Å². The van der Waals surface area contributed by atoms with E-state index in [1.807, 2.05) is 75.5 Å². The van der Waals surface area contributed by atoms with Crippen molar-refractivity contribution in [2.24, 2.45) is 0 Å². The van der Waals surface area contributed by atoms with E-state index in [4.69, 9.17) is 11.0 Å². The summed E-state index contributed by atoms with van der Waals surface area (Å²) >= 11 is 0. The molecule has 1 aliphatic rings. The monoisotopic (exact) mass is 461 g/mol. The van der Waals surface area contributed by atoms with E-state index in [1.165, 1.54) is 0 Å².